The standard InChI is InChI=1S/C7H6BrFSe/c8-10-5-6-3-1-2-4-7(6)9/h1-4H,5H2. The normalized spacial score (nSPS) is 9.80. The summed E-state index contributed by atoms with van der Waals surface area (Å²) < 4.78 is 12.8. The molecular weight excluding hydrogens is 262 g/mol. The van der Waals surface area contributed by atoms with Gasteiger partial charge in [0.15, 0.2) is 0 Å². The third-order valence-corrected chi connectivity index (χ3v) is 3.24. The zero-order chi connectivity index (χ0) is 7.40. The van der Waals surface area contributed by atoms with Crippen LogP contribution in [0.15, 0.2) is 24.3 Å². The van der Waals surface area contributed by atoms with Crippen molar-refractivity contribution < 1.29 is 4.39 Å². The fourth-order valence-corrected chi connectivity index (χ4v) is 2.69. The van der Waals surface area contributed by atoms with Gasteiger partial charge in [-0.2, -0.15) is 0 Å². The quantitative estimate of drug-likeness (QED) is 0.722. The van der Waals surface area contributed by atoms with Crippen molar-refractivity contribution in [3.8, 4) is 0 Å². The van der Waals surface area contributed by atoms with E-state index >= 15 is 0 Å². The summed E-state index contributed by atoms with van der Waals surface area (Å²) in [6.07, 6.45) is 0. The van der Waals surface area contributed by atoms with Gasteiger partial charge in [0.2, 0.25) is 0 Å². The van der Waals surface area contributed by atoms with E-state index in [0.29, 0.717) is 13.1 Å². The van der Waals surface area contributed by atoms with Gasteiger partial charge in [-0.15, -0.1) is 0 Å². The van der Waals surface area contributed by atoms with Crippen molar-refractivity contribution in [2.45, 2.75) is 5.32 Å². The molecule has 0 nitrogen and oxygen atoms in total. The Morgan fingerprint density at radius 1 is 1.40 bits per heavy atom. The number of hydrogen-bond acceptors (Lipinski definition) is 0. The first-order valence-electron chi connectivity index (χ1n) is 2.81. The SMILES string of the molecule is Fc1ccccc1C[Se]Br. The zero-order valence-corrected chi connectivity index (χ0v) is 8.48. The Labute approximate surface area is 72.7 Å². The predicted molar refractivity (Wildman–Crippen MR) is 44.8 cm³/mol. The minimum absolute atomic E-state index is 0.0937. The van der Waals surface area contributed by atoms with Crippen LogP contribution in [0, 0.1) is 5.82 Å². The first kappa shape index (κ1) is 8.25. The molecule has 0 bridgehead atoms. The van der Waals surface area contributed by atoms with Gasteiger partial charge in [0.05, 0.1) is 0 Å². The summed E-state index contributed by atoms with van der Waals surface area (Å²) >= 11 is 3.66. The monoisotopic (exact) mass is 268 g/mol. The molecule has 0 amide bonds. The molecule has 0 atom stereocenters. The molecule has 0 spiro atoms. The maximum atomic E-state index is 12.8. The molecule has 0 N–H and O–H groups in total. The van der Waals surface area contributed by atoms with Crippen LogP contribution in [0.2, 0.25) is 0 Å². The average Bonchev–Trinajstić information content (AvgIpc) is 1.94. The fraction of sp³-hybridized carbons (Fsp3) is 0.143. The van der Waals surface area contributed by atoms with Crippen molar-refractivity contribution in [2.24, 2.45) is 0 Å². The molecule has 0 saturated carbocycles. The summed E-state index contributed by atoms with van der Waals surface area (Å²) in [6, 6.07) is 6.88. The molecule has 3 heteroatoms. The van der Waals surface area contributed by atoms with E-state index in [1.54, 1.807) is 6.07 Å². The van der Waals surface area contributed by atoms with E-state index in [-0.39, 0.29) is 5.82 Å². The summed E-state index contributed by atoms with van der Waals surface area (Å²) in [6.45, 7) is 0. The van der Waals surface area contributed by atoms with Crippen LogP contribution in [-0.2, 0) is 5.32 Å². The van der Waals surface area contributed by atoms with Crippen LogP contribution in [0.25, 0.3) is 0 Å². The Hall–Kier alpha value is 0.149. The molecule has 1 aromatic rings. The van der Waals surface area contributed by atoms with Gasteiger partial charge in [-0.1, -0.05) is 0 Å². The number of hydrogen-bond donors (Lipinski definition) is 0. The van der Waals surface area contributed by atoms with Gasteiger partial charge < -0.3 is 0 Å². The van der Waals surface area contributed by atoms with E-state index in [1.807, 2.05) is 12.1 Å². The molecule has 0 aliphatic heterocycles. The molecule has 0 aromatic heterocycles. The average molecular weight is 268 g/mol. The minimum atomic E-state index is -0.0937. The summed E-state index contributed by atoms with van der Waals surface area (Å²) in [5.41, 5.74) is 0.805. The number of halogens is 2. The topological polar surface area (TPSA) is 0 Å². The van der Waals surface area contributed by atoms with Gasteiger partial charge in [0.25, 0.3) is 0 Å². The van der Waals surface area contributed by atoms with Gasteiger partial charge in [-0.25, -0.2) is 0 Å². The second-order valence-electron chi connectivity index (χ2n) is 1.84. The van der Waals surface area contributed by atoms with Crippen molar-refractivity contribution in [3.05, 3.63) is 35.6 Å². The molecule has 0 heterocycles. The first-order valence-corrected chi connectivity index (χ1v) is 8.04. The van der Waals surface area contributed by atoms with Gasteiger partial charge in [0, 0.05) is 0 Å². The third kappa shape index (κ3) is 2.08. The molecule has 0 aliphatic rings. The summed E-state index contributed by atoms with van der Waals surface area (Å²) in [5, 5.41) is 0.819. The van der Waals surface area contributed by atoms with Crippen LogP contribution in [0.5, 0.6) is 0 Å². The molecule has 1 rings (SSSR count). The molecule has 1 aromatic carbocycles. The molecule has 0 aliphatic carbocycles. The molecule has 10 heavy (non-hydrogen) atoms. The Bertz CT molecular complexity index is 215. The second-order valence-corrected chi connectivity index (χ2v) is 5.29. The summed E-state index contributed by atoms with van der Waals surface area (Å²) in [7, 11) is 0. The molecule has 0 radical (unpaired) electrons. The number of benzene rings is 1. The fourth-order valence-electron chi connectivity index (χ4n) is 0.674. The van der Waals surface area contributed by atoms with Crippen LogP contribution < -0.4 is 0 Å². The van der Waals surface area contributed by atoms with Crippen LogP contribution in [0.3, 0.4) is 0 Å². The Morgan fingerprint density at radius 2 is 2.10 bits per heavy atom. The molecule has 0 unspecified atom stereocenters. The van der Waals surface area contributed by atoms with Gasteiger partial charge in [-0.05, 0) is 0 Å². The number of rotatable bonds is 2. The molecule has 0 fully saturated rings. The Balaban J connectivity index is 2.81. The van der Waals surface area contributed by atoms with Crippen molar-refractivity contribution >= 4 is 27.3 Å². The van der Waals surface area contributed by atoms with Crippen molar-refractivity contribution in [2.75, 3.05) is 0 Å². The summed E-state index contributed by atoms with van der Waals surface area (Å²) in [5.74, 6) is -0.0937. The van der Waals surface area contributed by atoms with E-state index in [2.05, 4.69) is 14.1 Å². The molecule has 0 saturated heterocycles. The van der Waals surface area contributed by atoms with E-state index in [1.165, 1.54) is 6.07 Å². The van der Waals surface area contributed by atoms with Crippen LogP contribution >= 0.6 is 14.1 Å². The summed E-state index contributed by atoms with van der Waals surface area (Å²) in [4.78, 5) is 0. The van der Waals surface area contributed by atoms with E-state index in [9.17, 15) is 4.39 Å². The van der Waals surface area contributed by atoms with Crippen LogP contribution in [0.1, 0.15) is 5.56 Å². The predicted octanol–water partition coefficient (Wildman–Crippen LogP) is 2.34. The van der Waals surface area contributed by atoms with Gasteiger partial charge in [0.1, 0.15) is 0 Å². The Kier molecular flexibility index (Phi) is 3.40. The van der Waals surface area contributed by atoms with Gasteiger partial charge in [-0.3, -0.25) is 0 Å². The van der Waals surface area contributed by atoms with Crippen molar-refractivity contribution in [1.82, 2.24) is 0 Å². The Morgan fingerprint density at radius 3 is 2.70 bits per heavy atom. The van der Waals surface area contributed by atoms with E-state index in [4.69, 9.17) is 0 Å². The van der Waals surface area contributed by atoms with E-state index < -0.39 is 0 Å². The third-order valence-electron chi connectivity index (χ3n) is 1.17. The van der Waals surface area contributed by atoms with Crippen LogP contribution in [0.4, 0.5) is 4.39 Å². The van der Waals surface area contributed by atoms with Crippen molar-refractivity contribution in [1.29, 1.82) is 0 Å². The molecular formula is C7H6BrFSe. The van der Waals surface area contributed by atoms with Crippen molar-refractivity contribution in [3.63, 3.8) is 0 Å². The molecule has 54 valence electrons. The maximum absolute atomic E-state index is 12.8. The van der Waals surface area contributed by atoms with Crippen LogP contribution in [-0.4, -0.2) is 13.1 Å². The van der Waals surface area contributed by atoms with Gasteiger partial charge >= 0.3 is 72.6 Å². The zero-order valence-electron chi connectivity index (χ0n) is 5.18. The second kappa shape index (κ2) is 4.12. The first-order chi connectivity index (χ1) is 4.84. The van der Waals surface area contributed by atoms with E-state index in [0.717, 1.165) is 10.9 Å².